The summed E-state index contributed by atoms with van der Waals surface area (Å²) in [7, 11) is 9.59. The number of aromatic hydroxyl groups is 1. The molecule has 0 bridgehead atoms. The van der Waals surface area contributed by atoms with Gasteiger partial charge >= 0.3 is 0 Å². The normalized spacial score (nSPS) is 18.7. The van der Waals surface area contributed by atoms with E-state index in [1.165, 1.54) is 13.8 Å². The third-order valence-electron chi connectivity index (χ3n) is 10.7. The van der Waals surface area contributed by atoms with Gasteiger partial charge in [-0.25, -0.2) is 0 Å². The Bertz CT molecular complexity index is 2210. The van der Waals surface area contributed by atoms with Crippen molar-refractivity contribution in [1.29, 1.82) is 0 Å². The number of hydrogen-bond donors (Lipinski definition) is 3. The number of nitrogens with one attached hydrogen (secondary N) is 2. The number of aryl methyl sites for hydroxylation is 2. The van der Waals surface area contributed by atoms with E-state index < -0.39 is 0 Å². The molecule has 0 saturated carbocycles. The standard InChI is InChI=1S/C23H27NO6.C20H23NO5.C3H5ClO/c1-13(25)24-19-8-5-14-9-20(26-2)22(27-3)23(28-4)21(14)17-7-6-15(10-18(17)19)29-11-16-12-30-16;1-11(22)21-16-8-5-12-9-17(24-2)19(25-3)20(26-4)18(12)14-7-6-13(23)10-15(14)16;4-1-3-2-5-3/h6-7,9-10,16,19H,5,8,11-12H2,1-4H3,(H,24,25);6-7,9-10,16,23H,5,8H2,1-4H3,(H,21,22);3H,1-2H2/t16?,19-;16-;/m00./s1. The molecule has 2 unspecified atom stereocenters. The van der Waals surface area contributed by atoms with Crippen LogP contribution in [0.5, 0.6) is 46.0 Å². The summed E-state index contributed by atoms with van der Waals surface area (Å²) in [5.74, 6) is 4.88. The molecule has 2 fully saturated rings. The summed E-state index contributed by atoms with van der Waals surface area (Å²) in [5, 5.41) is 16.1. The van der Waals surface area contributed by atoms with Crippen LogP contribution in [0.4, 0.5) is 0 Å². The first-order valence-electron chi connectivity index (χ1n) is 20.1. The Kier molecular flexibility index (Phi) is 15.0. The summed E-state index contributed by atoms with van der Waals surface area (Å²) >= 11 is 5.27. The first kappa shape index (κ1) is 45.0. The molecule has 2 saturated heterocycles. The zero-order valence-corrected chi connectivity index (χ0v) is 36.7. The van der Waals surface area contributed by atoms with Crippen molar-refractivity contribution in [3.63, 3.8) is 0 Å². The SMILES string of the molecule is COc1cc2c(c(OC)c1OC)-c1ccc(O)cc1[C@@H](NC(C)=O)CC2.COc1cc2c(c(OC)c1OC)-c1ccc(OCC3CO3)cc1[C@@H](NC(C)=O)CC2.ClCC1CO1. The second kappa shape index (κ2) is 20.3. The zero-order chi connectivity index (χ0) is 43.8. The largest absolute Gasteiger partial charge is 0.508 e. The van der Waals surface area contributed by atoms with E-state index in [0.717, 1.165) is 76.3 Å². The number of carbonyl (C=O) groups excluding carboxylic acids is 2. The Hall–Kier alpha value is -5.57. The Balaban J connectivity index is 0.000000184. The predicted molar refractivity (Wildman–Crippen MR) is 230 cm³/mol. The fourth-order valence-electron chi connectivity index (χ4n) is 7.82. The minimum absolute atomic E-state index is 0.0725. The molecule has 2 aliphatic carbocycles. The third-order valence-corrected chi connectivity index (χ3v) is 11.1. The smallest absolute Gasteiger partial charge is 0.217 e. The number of methoxy groups -OCH3 is 6. The van der Waals surface area contributed by atoms with Crippen LogP contribution in [0.3, 0.4) is 0 Å². The number of alkyl halides is 1. The molecule has 15 heteroatoms. The Morgan fingerprint density at radius 3 is 1.51 bits per heavy atom. The van der Waals surface area contributed by atoms with Crippen molar-refractivity contribution in [3.05, 3.63) is 70.8 Å². The minimum Gasteiger partial charge on any atom is -0.508 e. The second-order valence-electron chi connectivity index (χ2n) is 14.8. The molecule has 3 N–H and O–H groups in total. The van der Waals surface area contributed by atoms with Crippen molar-refractivity contribution < 1.29 is 57.3 Å². The molecule has 0 spiro atoms. The maximum atomic E-state index is 11.9. The fourth-order valence-corrected chi connectivity index (χ4v) is 8.00. The van der Waals surface area contributed by atoms with Gasteiger partial charge in [0.1, 0.15) is 24.2 Å². The van der Waals surface area contributed by atoms with Gasteiger partial charge in [-0.15, -0.1) is 11.6 Å². The maximum absolute atomic E-state index is 11.9. The molecule has 2 heterocycles. The zero-order valence-electron chi connectivity index (χ0n) is 35.9. The minimum atomic E-state index is -0.205. The molecule has 4 atom stereocenters. The van der Waals surface area contributed by atoms with Crippen LogP contribution >= 0.6 is 11.6 Å². The number of epoxide rings is 2. The van der Waals surface area contributed by atoms with E-state index >= 15 is 0 Å². The van der Waals surface area contributed by atoms with E-state index in [2.05, 4.69) is 10.6 Å². The first-order valence-corrected chi connectivity index (χ1v) is 20.6. The van der Waals surface area contributed by atoms with Gasteiger partial charge in [0, 0.05) is 25.0 Å². The highest BCUT2D eigenvalue weighted by atomic mass is 35.5. The number of halogens is 1. The lowest BCUT2D eigenvalue weighted by Gasteiger charge is -2.21. The summed E-state index contributed by atoms with van der Waals surface area (Å²) in [5.41, 5.74) is 7.69. The average Bonchev–Trinajstić information content (AvgIpc) is 4.19. The molecule has 14 nitrogen and oxygen atoms in total. The van der Waals surface area contributed by atoms with Crippen LogP contribution in [-0.2, 0) is 31.9 Å². The van der Waals surface area contributed by atoms with Crippen LogP contribution in [0, 0.1) is 0 Å². The number of benzene rings is 4. The van der Waals surface area contributed by atoms with E-state index in [-0.39, 0.29) is 35.8 Å². The topological polar surface area (TPSA) is 168 Å². The number of ether oxygens (including phenoxy) is 9. The highest BCUT2D eigenvalue weighted by Gasteiger charge is 2.32. The summed E-state index contributed by atoms with van der Waals surface area (Å²) in [6, 6.07) is 14.7. The molecule has 4 aromatic carbocycles. The van der Waals surface area contributed by atoms with Crippen molar-refractivity contribution >= 4 is 23.4 Å². The molecular formula is C46H55ClN2O12. The molecular weight excluding hydrogens is 808 g/mol. The highest BCUT2D eigenvalue weighted by Crippen LogP contribution is 2.52. The molecule has 61 heavy (non-hydrogen) atoms. The van der Waals surface area contributed by atoms with Crippen LogP contribution in [0.1, 0.15) is 61.0 Å². The van der Waals surface area contributed by atoms with Gasteiger partial charge in [0.15, 0.2) is 23.0 Å². The van der Waals surface area contributed by atoms with Crippen LogP contribution in [-0.4, -0.2) is 97.5 Å². The van der Waals surface area contributed by atoms with Crippen LogP contribution in [0.15, 0.2) is 48.5 Å². The van der Waals surface area contributed by atoms with E-state index in [1.54, 1.807) is 54.8 Å². The van der Waals surface area contributed by atoms with Crippen molar-refractivity contribution in [1.82, 2.24) is 10.6 Å². The first-order chi connectivity index (χ1) is 29.5. The molecule has 8 rings (SSSR count). The molecule has 0 radical (unpaired) electrons. The molecule has 4 aliphatic rings. The number of rotatable bonds is 12. The number of carbonyl (C=O) groups is 2. The quantitative estimate of drug-likeness (QED) is 0.0977. The number of hydrogen-bond acceptors (Lipinski definition) is 12. The lowest BCUT2D eigenvalue weighted by atomic mass is 9.93. The highest BCUT2D eigenvalue weighted by molar-refractivity contribution is 6.18. The number of fused-ring (bicyclic) bond motifs is 6. The molecule has 4 aromatic rings. The number of phenolic OH excluding ortho intramolecular Hbond substituents is 1. The Morgan fingerprint density at radius 1 is 0.656 bits per heavy atom. The van der Waals surface area contributed by atoms with E-state index in [4.69, 9.17) is 54.2 Å². The summed E-state index contributed by atoms with van der Waals surface area (Å²) in [6.45, 7) is 5.17. The van der Waals surface area contributed by atoms with Crippen molar-refractivity contribution in [2.24, 2.45) is 0 Å². The summed E-state index contributed by atoms with van der Waals surface area (Å²) < 4.78 is 49.5. The lowest BCUT2D eigenvalue weighted by molar-refractivity contribution is -0.120. The molecule has 0 aromatic heterocycles. The van der Waals surface area contributed by atoms with Gasteiger partial charge in [0.2, 0.25) is 23.3 Å². The van der Waals surface area contributed by atoms with Gasteiger partial charge in [-0.05, 0) is 95.5 Å². The van der Waals surface area contributed by atoms with Crippen LogP contribution < -0.4 is 43.8 Å². The summed E-state index contributed by atoms with van der Waals surface area (Å²) in [4.78, 5) is 23.6. The molecule has 2 amide bonds. The lowest BCUT2D eigenvalue weighted by Crippen LogP contribution is -2.26. The second-order valence-corrected chi connectivity index (χ2v) is 15.1. The van der Waals surface area contributed by atoms with Gasteiger partial charge in [0.05, 0.1) is 79.9 Å². The van der Waals surface area contributed by atoms with Crippen molar-refractivity contribution in [3.8, 4) is 68.2 Å². The van der Waals surface area contributed by atoms with E-state index in [0.29, 0.717) is 65.9 Å². The monoisotopic (exact) mass is 862 g/mol. The van der Waals surface area contributed by atoms with E-state index in [1.807, 2.05) is 36.4 Å². The molecule has 328 valence electrons. The van der Waals surface area contributed by atoms with Gasteiger partial charge in [-0.2, -0.15) is 0 Å². The van der Waals surface area contributed by atoms with Crippen molar-refractivity contribution in [2.75, 3.05) is 68.4 Å². The van der Waals surface area contributed by atoms with Crippen molar-refractivity contribution in [2.45, 2.75) is 63.8 Å². The fraction of sp³-hybridized carbons (Fsp3) is 0.435. The average molecular weight is 863 g/mol. The van der Waals surface area contributed by atoms with Crippen LogP contribution in [0.25, 0.3) is 22.3 Å². The molecule has 2 aliphatic heterocycles. The predicted octanol–water partition coefficient (Wildman–Crippen LogP) is 7.11. The van der Waals surface area contributed by atoms with Gasteiger partial charge in [0.25, 0.3) is 0 Å². The number of phenols is 1. The third kappa shape index (κ3) is 10.5. The van der Waals surface area contributed by atoms with Gasteiger partial charge in [-0.3, -0.25) is 9.59 Å². The number of amides is 2. The Labute approximate surface area is 361 Å². The summed E-state index contributed by atoms with van der Waals surface area (Å²) in [6.07, 6.45) is 3.48. The Morgan fingerprint density at radius 2 is 1.11 bits per heavy atom. The van der Waals surface area contributed by atoms with Crippen LogP contribution in [0.2, 0.25) is 0 Å². The maximum Gasteiger partial charge on any atom is 0.217 e. The van der Waals surface area contributed by atoms with E-state index in [9.17, 15) is 14.7 Å². The van der Waals surface area contributed by atoms with Gasteiger partial charge in [-0.1, -0.05) is 12.1 Å². The van der Waals surface area contributed by atoms with Gasteiger partial charge < -0.3 is 58.4 Å².